The van der Waals surface area contributed by atoms with Crippen molar-refractivity contribution in [3.63, 3.8) is 0 Å². The lowest BCUT2D eigenvalue weighted by molar-refractivity contribution is 0.200. The van der Waals surface area contributed by atoms with Crippen molar-refractivity contribution in [1.82, 2.24) is 4.98 Å². The lowest BCUT2D eigenvalue weighted by atomic mass is 9.63. The van der Waals surface area contributed by atoms with Crippen LogP contribution in [0.3, 0.4) is 0 Å². The van der Waals surface area contributed by atoms with Crippen molar-refractivity contribution >= 4 is 12.4 Å². The fourth-order valence-electron chi connectivity index (χ4n) is 4.77. The number of rotatable bonds is 6. The molecule has 0 aliphatic heterocycles. The molecule has 1 aromatic carbocycles. The van der Waals surface area contributed by atoms with E-state index in [1.54, 1.807) is 7.11 Å². The molecular weight excluding hydrogens is 382 g/mol. The highest BCUT2D eigenvalue weighted by Crippen LogP contribution is 2.47. The summed E-state index contributed by atoms with van der Waals surface area (Å²) in [4.78, 5) is 4.24. The molecule has 1 aromatic heterocycles. The Morgan fingerprint density at radius 1 is 1.00 bits per heavy atom. The minimum absolute atomic E-state index is 0. The molecule has 0 bridgehead atoms. The summed E-state index contributed by atoms with van der Waals surface area (Å²) in [7, 11) is 1.72. The predicted molar refractivity (Wildman–Crippen MR) is 120 cm³/mol. The summed E-state index contributed by atoms with van der Waals surface area (Å²) in [5, 5.41) is 0. The van der Waals surface area contributed by atoms with E-state index in [0.29, 0.717) is 12.0 Å². The second-order valence-corrected chi connectivity index (χ2v) is 7.75. The number of hydrogen-bond donors (Lipinski definition) is 0. The summed E-state index contributed by atoms with van der Waals surface area (Å²) in [6.07, 6.45) is 18.8. The fraction of sp³-hybridized carbons (Fsp3) is 0.400. The smallest absolute Gasteiger partial charge is 0.161 e. The summed E-state index contributed by atoms with van der Waals surface area (Å²) in [5.41, 5.74) is 2.26. The van der Waals surface area contributed by atoms with Crippen molar-refractivity contribution in [3.8, 4) is 11.5 Å². The Hall–Kier alpha value is -2.26. The number of hydrogen-bond acceptors (Lipinski definition) is 3. The van der Waals surface area contributed by atoms with Gasteiger partial charge in [-0.3, -0.25) is 4.98 Å². The molecule has 4 heteroatoms. The molecule has 0 amide bonds. The number of methoxy groups -OCH3 is 1. The molecule has 1 saturated carbocycles. The molecule has 1 heterocycles. The van der Waals surface area contributed by atoms with Crippen LogP contribution in [0.2, 0.25) is 0 Å². The molecule has 2 atom stereocenters. The largest absolute Gasteiger partial charge is 0.493 e. The van der Waals surface area contributed by atoms with Crippen LogP contribution in [0.4, 0.5) is 0 Å². The van der Waals surface area contributed by atoms with Crippen LogP contribution in [-0.4, -0.2) is 18.2 Å². The van der Waals surface area contributed by atoms with Gasteiger partial charge in [0.05, 0.1) is 13.2 Å². The minimum atomic E-state index is -0.230. The third-order valence-electron chi connectivity index (χ3n) is 6.23. The van der Waals surface area contributed by atoms with Crippen molar-refractivity contribution < 1.29 is 9.47 Å². The van der Waals surface area contributed by atoms with E-state index in [1.807, 2.05) is 12.4 Å². The minimum Gasteiger partial charge on any atom is -0.493 e. The van der Waals surface area contributed by atoms with Crippen LogP contribution in [0, 0.1) is 5.92 Å². The molecule has 2 aromatic rings. The van der Waals surface area contributed by atoms with Gasteiger partial charge in [0.15, 0.2) is 11.5 Å². The monoisotopic (exact) mass is 411 g/mol. The highest BCUT2D eigenvalue weighted by atomic mass is 35.5. The van der Waals surface area contributed by atoms with Gasteiger partial charge in [-0.15, -0.1) is 12.4 Å². The van der Waals surface area contributed by atoms with Gasteiger partial charge in [0, 0.05) is 17.8 Å². The maximum absolute atomic E-state index is 6.40. The van der Waals surface area contributed by atoms with Crippen LogP contribution in [0.15, 0.2) is 67.0 Å². The molecular formula is C25H30ClNO2. The normalized spacial score (nSPS) is 23.6. The van der Waals surface area contributed by atoms with E-state index in [4.69, 9.17) is 9.47 Å². The number of nitrogens with zero attached hydrogens (tertiary/aromatic N) is 1. The van der Waals surface area contributed by atoms with Crippen LogP contribution in [0.1, 0.15) is 50.2 Å². The number of ether oxygens (including phenoxy) is 2. The van der Waals surface area contributed by atoms with Crippen molar-refractivity contribution in [2.24, 2.45) is 5.92 Å². The van der Waals surface area contributed by atoms with E-state index in [-0.39, 0.29) is 17.8 Å². The van der Waals surface area contributed by atoms with E-state index in [9.17, 15) is 0 Å². The van der Waals surface area contributed by atoms with Crippen LogP contribution in [-0.2, 0) is 5.41 Å². The van der Waals surface area contributed by atoms with Crippen molar-refractivity contribution in [1.29, 1.82) is 0 Å². The predicted octanol–water partition coefficient (Wildman–Crippen LogP) is 6.27. The Bertz CT molecular complexity index is 858. The van der Waals surface area contributed by atoms with Gasteiger partial charge in [-0.25, -0.2) is 0 Å². The van der Waals surface area contributed by atoms with Crippen LogP contribution in [0.25, 0.3) is 0 Å². The standard InChI is InChI=1S/C25H29NO2.ClH/c1-3-19-8-6-7-15-25(19,20-13-16-26-17-14-20)21-11-12-23(27-2)24(18-21)28-22-9-4-5-10-22;/h6-8,11-19,22H,3-5,9-10H2,1-2H3;1H/t19?,25-;/m1./s1. The molecule has 1 unspecified atom stereocenters. The summed E-state index contributed by atoms with van der Waals surface area (Å²) in [6.45, 7) is 2.25. The molecule has 0 saturated heterocycles. The van der Waals surface area contributed by atoms with Gasteiger partial charge in [0.2, 0.25) is 0 Å². The highest BCUT2D eigenvalue weighted by molar-refractivity contribution is 5.85. The zero-order valence-corrected chi connectivity index (χ0v) is 18.0. The molecule has 0 spiro atoms. The van der Waals surface area contributed by atoms with Gasteiger partial charge in [-0.2, -0.15) is 0 Å². The average Bonchev–Trinajstić information content (AvgIpc) is 3.27. The van der Waals surface area contributed by atoms with Crippen molar-refractivity contribution in [3.05, 3.63) is 78.2 Å². The first kappa shape index (κ1) is 21.4. The molecule has 154 valence electrons. The molecule has 0 radical (unpaired) electrons. The first-order valence-electron chi connectivity index (χ1n) is 10.4. The Kier molecular flexibility index (Phi) is 7.02. The topological polar surface area (TPSA) is 31.4 Å². The molecule has 29 heavy (non-hydrogen) atoms. The Labute approximate surface area is 180 Å². The Morgan fingerprint density at radius 3 is 2.45 bits per heavy atom. The SMILES string of the molecule is CCC1C=CC=C[C@@]1(c1ccncc1)c1ccc(OC)c(OC2CCCC2)c1.Cl. The van der Waals surface area contributed by atoms with Gasteiger partial charge < -0.3 is 9.47 Å². The summed E-state index contributed by atoms with van der Waals surface area (Å²) in [6, 6.07) is 10.7. The second-order valence-electron chi connectivity index (χ2n) is 7.75. The lowest BCUT2D eigenvalue weighted by Gasteiger charge is -2.40. The highest BCUT2D eigenvalue weighted by Gasteiger charge is 2.39. The van der Waals surface area contributed by atoms with E-state index in [2.05, 4.69) is 66.5 Å². The van der Waals surface area contributed by atoms with Gasteiger partial charge in [0.25, 0.3) is 0 Å². The van der Waals surface area contributed by atoms with Gasteiger partial charge in [-0.05, 0) is 73.4 Å². The average molecular weight is 412 g/mol. The van der Waals surface area contributed by atoms with Gasteiger partial charge in [0.1, 0.15) is 0 Å². The van der Waals surface area contributed by atoms with Crippen LogP contribution < -0.4 is 9.47 Å². The Morgan fingerprint density at radius 2 is 1.76 bits per heavy atom. The molecule has 1 fully saturated rings. The molecule has 0 N–H and O–H groups in total. The molecule has 4 rings (SSSR count). The number of benzene rings is 1. The maximum Gasteiger partial charge on any atom is 0.161 e. The van der Waals surface area contributed by atoms with E-state index in [0.717, 1.165) is 30.8 Å². The number of allylic oxidation sites excluding steroid dienone is 4. The molecule has 2 aliphatic rings. The fourth-order valence-corrected chi connectivity index (χ4v) is 4.77. The lowest BCUT2D eigenvalue weighted by Crippen LogP contribution is -2.35. The summed E-state index contributed by atoms with van der Waals surface area (Å²) in [5.74, 6) is 2.04. The second kappa shape index (κ2) is 9.49. The van der Waals surface area contributed by atoms with E-state index < -0.39 is 0 Å². The zero-order chi connectivity index (χ0) is 19.4. The van der Waals surface area contributed by atoms with E-state index >= 15 is 0 Å². The number of aromatic nitrogens is 1. The molecule has 2 aliphatic carbocycles. The zero-order valence-electron chi connectivity index (χ0n) is 17.2. The number of halogens is 1. The van der Waals surface area contributed by atoms with E-state index in [1.165, 1.54) is 24.0 Å². The number of pyridine rings is 1. The quantitative estimate of drug-likeness (QED) is 0.561. The Balaban J connectivity index is 0.00000240. The molecule has 3 nitrogen and oxygen atoms in total. The third kappa shape index (κ3) is 4.06. The summed E-state index contributed by atoms with van der Waals surface area (Å²) < 4.78 is 12.0. The van der Waals surface area contributed by atoms with Crippen LogP contribution in [0.5, 0.6) is 11.5 Å². The first-order chi connectivity index (χ1) is 13.8. The van der Waals surface area contributed by atoms with Crippen molar-refractivity contribution in [2.45, 2.75) is 50.5 Å². The van der Waals surface area contributed by atoms with Gasteiger partial charge in [-0.1, -0.05) is 37.3 Å². The van der Waals surface area contributed by atoms with Crippen LogP contribution >= 0.6 is 12.4 Å². The third-order valence-corrected chi connectivity index (χ3v) is 6.23. The maximum atomic E-state index is 6.40. The first-order valence-corrected chi connectivity index (χ1v) is 10.4. The van der Waals surface area contributed by atoms with Gasteiger partial charge >= 0.3 is 0 Å². The summed E-state index contributed by atoms with van der Waals surface area (Å²) >= 11 is 0. The van der Waals surface area contributed by atoms with Crippen molar-refractivity contribution in [2.75, 3.05) is 7.11 Å².